The Hall–Kier alpha value is -0.0800. The van der Waals surface area contributed by atoms with Crippen LogP contribution in [-0.2, 0) is 0 Å². The van der Waals surface area contributed by atoms with Crippen molar-refractivity contribution in [2.45, 2.75) is 58.0 Å². The van der Waals surface area contributed by atoms with Gasteiger partial charge in [0.1, 0.15) is 0 Å². The van der Waals surface area contributed by atoms with Crippen LogP contribution < -0.4 is 5.32 Å². The minimum Gasteiger partial charge on any atom is -0.317 e. The Morgan fingerprint density at radius 1 is 1.29 bits per heavy atom. The average molecular weight is 198 g/mol. The van der Waals surface area contributed by atoms with Crippen LogP contribution >= 0.6 is 0 Å². The quantitative estimate of drug-likeness (QED) is 0.748. The topological polar surface area (TPSA) is 15.3 Å². The van der Waals surface area contributed by atoms with Gasteiger partial charge in [-0.1, -0.05) is 6.92 Å². The lowest BCUT2D eigenvalue weighted by atomic mass is 9.95. The van der Waals surface area contributed by atoms with Gasteiger partial charge < -0.3 is 5.32 Å². The van der Waals surface area contributed by atoms with Crippen molar-refractivity contribution in [2.24, 2.45) is 0 Å². The van der Waals surface area contributed by atoms with E-state index in [4.69, 9.17) is 0 Å². The van der Waals surface area contributed by atoms with E-state index in [1.165, 1.54) is 38.8 Å². The third-order valence-corrected chi connectivity index (χ3v) is 3.91. The molecule has 0 saturated carbocycles. The van der Waals surface area contributed by atoms with Crippen LogP contribution in [-0.4, -0.2) is 36.6 Å². The van der Waals surface area contributed by atoms with Gasteiger partial charge in [-0.2, -0.15) is 0 Å². The molecule has 1 heterocycles. The van der Waals surface area contributed by atoms with Gasteiger partial charge >= 0.3 is 0 Å². The molecule has 0 aliphatic carbocycles. The minimum atomic E-state index is 0.356. The van der Waals surface area contributed by atoms with E-state index in [0.717, 1.165) is 6.04 Å². The zero-order valence-corrected chi connectivity index (χ0v) is 10.3. The molecule has 1 rings (SSSR count). The van der Waals surface area contributed by atoms with Gasteiger partial charge in [-0.15, -0.1) is 0 Å². The van der Waals surface area contributed by atoms with Gasteiger partial charge in [0.25, 0.3) is 0 Å². The van der Waals surface area contributed by atoms with Gasteiger partial charge in [0.15, 0.2) is 0 Å². The second-order valence-electron chi connectivity index (χ2n) is 5.11. The Morgan fingerprint density at radius 3 is 2.64 bits per heavy atom. The van der Waals surface area contributed by atoms with Gasteiger partial charge in [0.05, 0.1) is 0 Å². The normalized spacial score (nSPS) is 25.1. The van der Waals surface area contributed by atoms with Gasteiger partial charge in [0, 0.05) is 11.6 Å². The summed E-state index contributed by atoms with van der Waals surface area (Å²) in [6, 6.07) is 0.778. The summed E-state index contributed by atoms with van der Waals surface area (Å²) in [5.74, 6) is 0. The third-order valence-electron chi connectivity index (χ3n) is 3.91. The van der Waals surface area contributed by atoms with E-state index in [1.807, 2.05) is 0 Å². The molecule has 0 amide bonds. The van der Waals surface area contributed by atoms with Crippen molar-refractivity contribution in [3.8, 4) is 0 Å². The summed E-state index contributed by atoms with van der Waals surface area (Å²) in [6.07, 6.45) is 5.22. The zero-order chi connectivity index (χ0) is 10.6. The Bertz CT molecular complexity index is 158. The van der Waals surface area contributed by atoms with Crippen molar-refractivity contribution in [3.05, 3.63) is 0 Å². The molecule has 0 aromatic carbocycles. The molecule has 0 aromatic rings. The molecule has 0 bridgehead atoms. The first-order valence-corrected chi connectivity index (χ1v) is 6.01. The molecule has 1 unspecified atom stereocenters. The van der Waals surface area contributed by atoms with Crippen LogP contribution in [0.3, 0.4) is 0 Å². The lowest BCUT2D eigenvalue weighted by molar-refractivity contribution is 0.0896. The molecule has 1 fully saturated rings. The highest BCUT2D eigenvalue weighted by Gasteiger charge is 2.27. The maximum absolute atomic E-state index is 3.47. The van der Waals surface area contributed by atoms with Crippen molar-refractivity contribution in [2.75, 3.05) is 20.1 Å². The third kappa shape index (κ3) is 2.96. The number of hydrogen-bond acceptors (Lipinski definition) is 2. The maximum Gasteiger partial charge on any atom is 0.0150 e. The zero-order valence-electron chi connectivity index (χ0n) is 10.3. The fourth-order valence-electron chi connectivity index (χ4n) is 2.13. The molecule has 2 heteroatoms. The van der Waals surface area contributed by atoms with Crippen LogP contribution in [0.1, 0.15) is 46.5 Å². The van der Waals surface area contributed by atoms with Crippen LogP contribution in [0.4, 0.5) is 0 Å². The van der Waals surface area contributed by atoms with Crippen molar-refractivity contribution >= 4 is 0 Å². The van der Waals surface area contributed by atoms with Crippen LogP contribution in [0.15, 0.2) is 0 Å². The van der Waals surface area contributed by atoms with Crippen molar-refractivity contribution in [1.82, 2.24) is 10.2 Å². The van der Waals surface area contributed by atoms with Gasteiger partial charge in [-0.3, -0.25) is 4.90 Å². The maximum atomic E-state index is 3.47. The summed E-state index contributed by atoms with van der Waals surface area (Å²) in [5.41, 5.74) is 0.356. The summed E-state index contributed by atoms with van der Waals surface area (Å²) in [6.45, 7) is 9.38. The van der Waals surface area contributed by atoms with E-state index in [1.54, 1.807) is 0 Å². The first kappa shape index (κ1) is 12.0. The van der Waals surface area contributed by atoms with E-state index in [-0.39, 0.29) is 0 Å². The molecule has 0 spiro atoms. The molecule has 0 aromatic heterocycles. The van der Waals surface area contributed by atoms with Crippen molar-refractivity contribution in [3.63, 3.8) is 0 Å². The van der Waals surface area contributed by atoms with Gasteiger partial charge in [0.2, 0.25) is 0 Å². The molecule has 0 radical (unpaired) electrons. The molecular weight excluding hydrogens is 172 g/mol. The lowest BCUT2D eigenvalue weighted by Crippen LogP contribution is -2.47. The molecule has 14 heavy (non-hydrogen) atoms. The predicted octanol–water partition coefficient (Wildman–Crippen LogP) is 2.25. The van der Waals surface area contributed by atoms with Crippen LogP contribution in [0.25, 0.3) is 0 Å². The van der Waals surface area contributed by atoms with Crippen LogP contribution in [0.2, 0.25) is 0 Å². The second kappa shape index (κ2) is 5.13. The molecule has 84 valence electrons. The van der Waals surface area contributed by atoms with E-state index in [2.05, 4.69) is 38.0 Å². The first-order valence-electron chi connectivity index (χ1n) is 6.01. The average Bonchev–Trinajstić information content (AvgIpc) is 2.44. The number of nitrogens with zero attached hydrogens (tertiary/aromatic N) is 1. The number of rotatable bonds is 3. The molecule has 1 saturated heterocycles. The predicted molar refractivity (Wildman–Crippen MR) is 62.6 cm³/mol. The lowest BCUT2D eigenvalue weighted by Gasteiger charge is -2.40. The van der Waals surface area contributed by atoms with Crippen molar-refractivity contribution < 1.29 is 0 Å². The van der Waals surface area contributed by atoms with Crippen molar-refractivity contribution in [1.29, 1.82) is 0 Å². The fourth-order valence-corrected chi connectivity index (χ4v) is 2.13. The Kier molecular flexibility index (Phi) is 4.39. The summed E-state index contributed by atoms with van der Waals surface area (Å²) < 4.78 is 0. The second-order valence-corrected chi connectivity index (χ2v) is 5.11. The summed E-state index contributed by atoms with van der Waals surface area (Å²) >= 11 is 0. The highest BCUT2D eigenvalue weighted by molar-refractivity contribution is 4.84. The number of nitrogens with one attached hydrogen (secondary N) is 1. The summed E-state index contributed by atoms with van der Waals surface area (Å²) in [4.78, 5) is 2.58. The molecule has 1 aliphatic rings. The molecule has 1 aliphatic heterocycles. The van der Waals surface area contributed by atoms with Crippen LogP contribution in [0.5, 0.6) is 0 Å². The van der Waals surface area contributed by atoms with E-state index in [0.29, 0.717) is 5.54 Å². The molecule has 1 atom stereocenters. The first-order chi connectivity index (χ1) is 6.58. The van der Waals surface area contributed by atoms with Gasteiger partial charge in [-0.25, -0.2) is 0 Å². The molecule has 1 N–H and O–H groups in total. The fraction of sp³-hybridized carbons (Fsp3) is 1.00. The highest BCUT2D eigenvalue weighted by atomic mass is 15.2. The standard InChI is InChI=1S/C12H26N2/c1-5-12(2,3)14(4)11-7-6-9-13-10-8-11/h11,13H,5-10H2,1-4H3. The SMILES string of the molecule is CCC(C)(C)N(C)C1CCCNCC1. The summed E-state index contributed by atoms with van der Waals surface area (Å²) in [7, 11) is 2.29. The Morgan fingerprint density at radius 2 is 2.00 bits per heavy atom. The number of hydrogen-bond donors (Lipinski definition) is 1. The summed E-state index contributed by atoms with van der Waals surface area (Å²) in [5, 5.41) is 3.47. The highest BCUT2D eigenvalue weighted by Crippen LogP contribution is 2.23. The Balaban J connectivity index is 2.53. The molecule has 2 nitrogen and oxygen atoms in total. The van der Waals surface area contributed by atoms with Crippen LogP contribution in [0, 0.1) is 0 Å². The minimum absolute atomic E-state index is 0.356. The van der Waals surface area contributed by atoms with Gasteiger partial charge in [-0.05, 0) is 59.7 Å². The largest absolute Gasteiger partial charge is 0.317 e. The van der Waals surface area contributed by atoms with E-state index >= 15 is 0 Å². The van der Waals surface area contributed by atoms with E-state index < -0.39 is 0 Å². The Labute approximate surface area is 89.1 Å². The molecular formula is C12H26N2. The van der Waals surface area contributed by atoms with E-state index in [9.17, 15) is 0 Å². The smallest absolute Gasteiger partial charge is 0.0150 e. The monoisotopic (exact) mass is 198 g/mol.